The first-order chi connectivity index (χ1) is 10.8. The molecule has 0 saturated carbocycles. The second-order valence-electron chi connectivity index (χ2n) is 5.14. The van der Waals surface area contributed by atoms with Crippen molar-refractivity contribution in [3.8, 4) is 0 Å². The van der Waals surface area contributed by atoms with Crippen LogP contribution in [0.5, 0.6) is 0 Å². The molecule has 0 aliphatic heterocycles. The van der Waals surface area contributed by atoms with Crippen LogP contribution in [-0.2, 0) is 5.75 Å². The Balaban J connectivity index is 1.86. The maximum atomic E-state index is 6.18. The van der Waals surface area contributed by atoms with Crippen LogP contribution in [0.3, 0.4) is 0 Å². The molecule has 0 fully saturated rings. The van der Waals surface area contributed by atoms with Gasteiger partial charge in [-0.05, 0) is 28.8 Å². The van der Waals surface area contributed by atoms with Gasteiger partial charge in [0.25, 0.3) is 0 Å². The molecular formula is C20H17ClS. The number of halogens is 1. The number of hydrogen-bond donors (Lipinski definition) is 0. The molecule has 2 heteroatoms. The van der Waals surface area contributed by atoms with Gasteiger partial charge < -0.3 is 0 Å². The van der Waals surface area contributed by atoms with Crippen LogP contribution in [0, 0.1) is 0 Å². The van der Waals surface area contributed by atoms with Crippen molar-refractivity contribution >= 4 is 23.4 Å². The molecular weight excluding hydrogens is 308 g/mol. The van der Waals surface area contributed by atoms with Gasteiger partial charge in [-0.25, -0.2) is 0 Å². The second-order valence-corrected chi connectivity index (χ2v) is 6.67. The highest BCUT2D eigenvalue weighted by Gasteiger charge is 2.15. The quantitative estimate of drug-likeness (QED) is 0.526. The summed E-state index contributed by atoms with van der Waals surface area (Å²) in [7, 11) is 0. The van der Waals surface area contributed by atoms with Crippen molar-refractivity contribution in [1.82, 2.24) is 0 Å². The first kappa shape index (κ1) is 15.2. The number of rotatable bonds is 5. The van der Waals surface area contributed by atoms with Crippen molar-refractivity contribution in [2.45, 2.75) is 11.0 Å². The predicted octanol–water partition coefficient (Wildman–Crippen LogP) is 6.36. The summed E-state index contributed by atoms with van der Waals surface area (Å²) in [6.45, 7) is 0. The molecule has 0 bridgehead atoms. The Kier molecular flexibility index (Phi) is 5.20. The van der Waals surface area contributed by atoms with Gasteiger partial charge in [-0.3, -0.25) is 0 Å². The van der Waals surface area contributed by atoms with Crippen molar-refractivity contribution in [2.24, 2.45) is 0 Å². The fourth-order valence-corrected chi connectivity index (χ4v) is 3.88. The minimum Gasteiger partial charge on any atom is -0.144 e. The van der Waals surface area contributed by atoms with Gasteiger partial charge in [0.05, 0.1) is 5.25 Å². The van der Waals surface area contributed by atoms with E-state index in [1.54, 1.807) is 0 Å². The lowest BCUT2D eigenvalue weighted by molar-refractivity contribution is 1.15. The van der Waals surface area contributed by atoms with Gasteiger partial charge in [-0.1, -0.05) is 84.4 Å². The summed E-state index contributed by atoms with van der Waals surface area (Å²) in [4.78, 5) is 0. The van der Waals surface area contributed by atoms with Crippen LogP contribution >= 0.6 is 23.4 Å². The summed E-state index contributed by atoms with van der Waals surface area (Å²) < 4.78 is 0. The highest BCUT2D eigenvalue weighted by Crippen LogP contribution is 2.38. The normalized spacial score (nSPS) is 12.0. The molecule has 0 unspecified atom stereocenters. The van der Waals surface area contributed by atoms with E-state index in [0.717, 1.165) is 10.8 Å². The van der Waals surface area contributed by atoms with E-state index in [9.17, 15) is 0 Å². The Labute approximate surface area is 141 Å². The van der Waals surface area contributed by atoms with Gasteiger partial charge in [0, 0.05) is 10.8 Å². The van der Waals surface area contributed by atoms with Crippen LogP contribution in [0.1, 0.15) is 21.9 Å². The molecule has 0 aliphatic rings. The molecule has 0 aromatic heterocycles. The molecule has 0 spiro atoms. The zero-order valence-corrected chi connectivity index (χ0v) is 13.7. The van der Waals surface area contributed by atoms with Crippen molar-refractivity contribution in [3.63, 3.8) is 0 Å². The second kappa shape index (κ2) is 7.53. The SMILES string of the molecule is Clc1cccc([C@@H](SCc2ccccc2)c2ccccc2)c1. The summed E-state index contributed by atoms with van der Waals surface area (Å²) in [5.41, 5.74) is 3.90. The zero-order valence-electron chi connectivity index (χ0n) is 12.2. The maximum Gasteiger partial charge on any atom is 0.0550 e. The third-order valence-electron chi connectivity index (χ3n) is 3.51. The van der Waals surface area contributed by atoms with Gasteiger partial charge in [0.2, 0.25) is 0 Å². The van der Waals surface area contributed by atoms with Gasteiger partial charge in [-0.2, -0.15) is 0 Å². The average molecular weight is 325 g/mol. The summed E-state index contributed by atoms with van der Waals surface area (Å²) in [6.07, 6.45) is 0. The third kappa shape index (κ3) is 3.94. The highest BCUT2D eigenvalue weighted by atomic mass is 35.5. The zero-order chi connectivity index (χ0) is 15.2. The van der Waals surface area contributed by atoms with Crippen LogP contribution < -0.4 is 0 Å². The maximum absolute atomic E-state index is 6.18. The van der Waals surface area contributed by atoms with E-state index in [0.29, 0.717) is 5.25 Å². The van der Waals surface area contributed by atoms with Gasteiger partial charge in [-0.15, -0.1) is 11.8 Å². The van der Waals surface area contributed by atoms with Gasteiger partial charge in [0.1, 0.15) is 0 Å². The summed E-state index contributed by atoms with van der Waals surface area (Å²) >= 11 is 8.12. The van der Waals surface area contributed by atoms with Crippen LogP contribution in [0.15, 0.2) is 84.9 Å². The number of thioether (sulfide) groups is 1. The smallest absolute Gasteiger partial charge is 0.0550 e. The van der Waals surface area contributed by atoms with Crippen molar-refractivity contribution < 1.29 is 0 Å². The van der Waals surface area contributed by atoms with Crippen LogP contribution in [0.2, 0.25) is 5.02 Å². The third-order valence-corrected chi connectivity index (χ3v) is 5.13. The minimum absolute atomic E-state index is 0.292. The lowest BCUT2D eigenvalue weighted by Gasteiger charge is -2.18. The molecule has 0 N–H and O–H groups in total. The Hall–Kier alpha value is -1.70. The summed E-state index contributed by atoms with van der Waals surface area (Å²) in [5, 5.41) is 1.08. The molecule has 0 radical (unpaired) electrons. The van der Waals surface area contributed by atoms with Gasteiger partial charge in [0.15, 0.2) is 0 Å². The molecule has 0 nitrogen and oxygen atoms in total. The molecule has 0 saturated heterocycles. The first-order valence-electron chi connectivity index (χ1n) is 7.29. The summed E-state index contributed by atoms with van der Waals surface area (Å²) in [6, 6.07) is 29.4. The standard InChI is InChI=1S/C20H17ClS/c21-19-13-7-12-18(14-19)20(17-10-5-2-6-11-17)22-15-16-8-3-1-4-9-16/h1-14,20H,15H2/t20-/m0/s1. The molecule has 22 heavy (non-hydrogen) atoms. The summed E-state index contributed by atoms with van der Waals surface area (Å²) in [5.74, 6) is 0.979. The molecule has 3 rings (SSSR count). The fraction of sp³-hybridized carbons (Fsp3) is 0.100. The van der Waals surface area contributed by atoms with Crippen molar-refractivity contribution in [3.05, 3.63) is 107 Å². The lowest BCUT2D eigenvalue weighted by atomic mass is 10.0. The largest absolute Gasteiger partial charge is 0.144 e. The Bertz CT molecular complexity index is 710. The Morgan fingerprint density at radius 2 is 1.36 bits per heavy atom. The molecule has 3 aromatic rings. The van der Waals surface area contributed by atoms with Crippen molar-refractivity contribution in [1.29, 1.82) is 0 Å². The van der Waals surface area contributed by atoms with E-state index in [2.05, 4.69) is 72.8 Å². The van der Waals surface area contributed by atoms with E-state index in [1.807, 2.05) is 23.9 Å². The minimum atomic E-state index is 0.292. The fourth-order valence-electron chi connectivity index (χ4n) is 2.44. The lowest BCUT2D eigenvalue weighted by Crippen LogP contribution is -1.97. The monoisotopic (exact) mass is 324 g/mol. The highest BCUT2D eigenvalue weighted by molar-refractivity contribution is 7.98. The Morgan fingerprint density at radius 3 is 2.05 bits per heavy atom. The molecule has 0 aliphatic carbocycles. The van der Waals surface area contributed by atoms with E-state index < -0.39 is 0 Å². The molecule has 0 amide bonds. The average Bonchev–Trinajstić information content (AvgIpc) is 2.57. The predicted molar refractivity (Wildman–Crippen MR) is 97.5 cm³/mol. The van der Waals surface area contributed by atoms with E-state index in [1.165, 1.54) is 16.7 Å². The number of benzene rings is 3. The molecule has 1 atom stereocenters. The van der Waals surface area contributed by atoms with Gasteiger partial charge >= 0.3 is 0 Å². The number of hydrogen-bond acceptors (Lipinski definition) is 1. The van der Waals surface area contributed by atoms with Crippen LogP contribution in [-0.4, -0.2) is 0 Å². The topological polar surface area (TPSA) is 0 Å². The van der Waals surface area contributed by atoms with Crippen LogP contribution in [0.4, 0.5) is 0 Å². The first-order valence-corrected chi connectivity index (χ1v) is 8.71. The van der Waals surface area contributed by atoms with E-state index in [-0.39, 0.29) is 0 Å². The van der Waals surface area contributed by atoms with E-state index >= 15 is 0 Å². The van der Waals surface area contributed by atoms with E-state index in [4.69, 9.17) is 11.6 Å². The van der Waals surface area contributed by atoms with Crippen molar-refractivity contribution in [2.75, 3.05) is 0 Å². The molecule has 3 aromatic carbocycles. The Morgan fingerprint density at radius 1 is 0.727 bits per heavy atom. The molecule has 110 valence electrons. The van der Waals surface area contributed by atoms with Crippen LogP contribution in [0.25, 0.3) is 0 Å². The molecule has 0 heterocycles.